The summed E-state index contributed by atoms with van der Waals surface area (Å²) < 4.78 is 18.0. The van der Waals surface area contributed by atoms with Crippen LogP contribution in [0.1, 0.15) is 49.9 Å². The van der Waals surface area contributed by atoms with E-state index in [1.54, 1.807) is 6.92 Å². The van der Waals surface area contributed by atoms with E-state index in [2.05, 4.69) is 12.2 Å². The van der Waals surface area contributed by atoms with Crippen molar-refractivity contribution in [1.82, 2.24) is 5.32 Å². The molecule has 3 atom stereocenters. The molecule has 1 N–H and O–H groups in total. The molecule has 2 rings (SSSR count). The second-order valence-corrected chi connectivity index (χ2v) is 5.93. The SMILES string of the molecule is C[C@@H](OC(=O)c1ccc(F)cc1)C(=O)N[C@@H]1CCCC[C@@H]1C. The number of carbonyl (C=O) groups excluding carboxylic acids is 2. The average Bonchev–Trinajstić information content (AvgIpc) is 2.50. The van der Waals surface area contributed by atoms with Crippen molar-refractivity contribution in [2.75, 3.05) is 0 Å². The molecule has 1 saturated carbocycles. The van der Waals surface area contributed by atoms with Gasteiger partial charge in [0.05, 0.1) is 5.56 Å². The number of hydrogen-bond donors (Lipinski definition) is 1. The Hall–Kier alpha value is -1.91. The van der Waals surface area contributed by atoms with E-state index in [1.807, 2.05) is 0 Å². The molecule has 0 heterocycles. The minimum absolute atomic E-state index is 0.147. The topological polar surface area (TPSA) is 55.4 Å². The highest BCUT2D eigenvalue weighted by Gasteiger charge is 2.26. The number of hydrogen-bond acceptors (Lipinski definition) is 3. The van der Waals surface area contributed by atoms with Crippen LogP contribution in [0, 0.1) is 11.7 Å². The van der Waals surface area contributed by atoms with Gasteiger partial charge in [0.2, 0.25) is 0 Å². The van der Waals surface area contributed by atoms with Crippen LogP contribution in [-0.2, 0) is 9.53 Å². The molecule has 1 aromatic rings. The Kier molecular flexibility index (Phi) is 5.52. The van der Waals surface area contributed by atoms with Gasteiger partial charge in [0.15, 0.2) is 6.10 Å². The van der Waals surface area contributed by atoms with Gasteiger partial charge in [-0.2, -0.15) is 0 Å². The van der Waals surface area contributed by atoms with Crippen LogP contribution in [0.3, 0.4) is 0 Å². The molecule has 1 amide bonds. The maximum Gasteiger partial charge on any atom is 0.338 e. The molecule has 1 fully saturated rings. The van der Waals surface area contributed by atoms with Crippen molar-refractivity contribution in [2.45, 2.75) is 51.7 Å². The second kappa shape index (κ2) is 7.38. The van der Waals surface area contributed by atoms with Crippen molar-refractivity contribution in [1.29, 1.82) is 0 Å². The lowest BCUT2D eigenvalue weighted by Crippen LogP contribution is -2.45. The van der Waals surface area contributed by atoms with Crippen molar-refractivity contribution < 1.29 is 18.7 Å². The van der Waals surface area contributed by atoms with Crippen LogP contribution >= 0.6 is 0 Å². The maximum absolute atomic E-state index is 12.8. The summed E-state index contributed by atoms with van der Waals surface area (Å²) in [6.45, 7) is 3.67. The molecule has 1 aliphatic rings. The maximum atomic E-state index is 12.8. The highest BCUT2D eigenvalue weighted by molar-refractivity contribution is 5.92. The first-order valence-corrected chi connectivity index (χ1v) is 7.74. The standard InChI is InChI=1S/C17H22FNO3/c1-11-5-3-4-6-15(11)19-16(20)12(2)22-17(21)13-7-9-14(18)10-8-13/h7-12,15H,3-6H2,1-2H3,(H,19,20)/t11-,12+,15+/m0/s1. The number of amides is 1. The molecule has 0 bridgehead atoms. The highest BCUT2D eigenvalue weighted by atomic mass is 19.1. The highest BCUT2D eigenvalue weighted by Crippen LogP contribution is 2.23. The van der Waals surface area contributed by atoms with Gasteiger partial charge in [-0.15, -0.1) is 0 Å². The smallest absolute Gasteiger partial charge is 0.338 e. The third kappa shape index (κ3) is 4.29. The number of ether oxygens (including phenoxy) is 1. The largest absolute Gasteiger partial charge is 0.449 e. The van der Waals surface area contributed by atoms with E-state index >= 15 is 0 Å². The molecule has 0 aliphatic heterocycles. The molecular formula is C17H22FNO3. The van der Waals surface area contributed by atoms with Crippen LogP contribution in [0.25, 0.3) is 0 Å². The van der Waals surface area contributed by atoms with Crippen LogP contribution in [0.15, 0.2) is 24.3 Å². The van der Waals surface area contributed by atoms with Gasteiger partial charge in [-0.05, 0) is 49.9 Å². The normalized spacial score (nSPS) is 22.7. The van der Waals surface area contributed by atoms with Crippen molar-refractivity contribution in [3.63, 3.8) is 0 Å². The first-order chi connectivity index (χ1) is 10.5. The molecule has 0 unspecified atom stereocenters. The molecule has 5 heteroatoms. The molecule has 0 radical (unpaired) electrons. The monoisotopic (exact) mass is 307 g/mol. The number of rotatable bonds is 4. The van der Waals surface area contributed by atoms with Crippen molar-refractivity contribution >= 4 is 11.9 Å². The molecule has 1 aliphatic carbocycles. The van der Waals surface area contributed by atoms with Crippen molar-refractivity contribution in [3.8, 4) is 0 Å². The van der Waals surface area contributed by atoms with E-state index in [0.717, 1.165) is 19.3 Å². The lowest BCUT2D eigenvalue weighted by atomic mass is 9.86. The quantitative estimate of drug-likeness (QED) is 0.870. The molecule has 0 spiro atoms. The van der Waals surface area contributed by atoms with Crippen LogP contribution < -0.4 is 5.32 Å². The summed E-state index contributed by atoms with van der Waals surface area (Å²) in [5.74, 6) is -0.889. The van der Waals surface area contributed by atoms with Gasteiger partial charge < -0.3 is 10.1 Å². The summed E-state index contributed by atoms with van der Waals surface area (Å²) in [4.78, 5) is 24.0. The third-order valence-electron chi connectivity index (χ3n) is 4.17. The molecule has 0 aromatic heterocycles. The number of esters is 1. The summed E-state index contributed by atoms with van der Waals surface area (Å²) in [5.41, 5.74) is 0.229. The van der Waals surface area contributed by atoms with Crippen LogP contribution in [0.5, 0.6) is 0 Å². The van der Waals surface area contributed by atoms with Crippen molar-refractivity contribution in [2.24, 2.45) is 5.92 Å². The zero-order valence-corrected chi connectivity index (χ0v) is 13.0. The molecule has 4 nitrogen and oxygen atoms in total. The van der Waals surface area contributed by atoms with E-state index in [0.29, 0.717) is 5.92 Å². The number of benzene rings is 1. The fraction of sp³-hybridized carbons (Fsp3) is 0.529. The molecule has 120 valence electrons. The lowest BCUT2D eigenvalue weighted by Gasteiger charge is -2.30. The Morgan fingerprint density at radius 3 is 2.50 bits per heavy atom. The summed E-state index contributed by atoms with van der Waals surface area (Å²) in [6.07, 6.45) is 3.51. The minimum atomic E-state index is -0.869. The zero-order valence-electron chi connectivity index (χ0n) is 13.0. The average molecular weight is 307 g/mol. The van der Waals surface area contributed by atoms with Crippen LogP contribution in [-0.4, -0.2) is 24.0 Å². The van der Waals surface area contributed by atoms with Crippen LogP contribution in [0.2, 0.25) is 0 Å². The number of nitrogens with one attached hydrogen (secondary N) is 1. The van der Waals surface area contributed by atoms with Crippen LogP contribution in [0.4, 0.5) is 4.39 Å². The first kappa shape index (κ1) is 16.5. The molecule has 0 saturated heterocycles. The summed E-state index contributed by atoms with van der Waals surface area (Å²) in [7, 11) is 0. The Morgan fingerprint density at radius 1 is 1.23 bits per heavy atom. The Balaban J connectivity index is 1.87. The lowest BCUT2D eigenvalue weighted by molar-refractivity contribution is -0.130. The van der Waals surface area contributed by atoms with E-state index in [9.17, 15) is 14.0 Å². The molecule has 22 heavy (non-hydrogen) atoms. The number of halogens is 1. The molecular weight excluding hydrogens is 285 g/mol. The number of carbonyl (C=O) groups is 2. The second-order valence-electron chi connectivity index (χ2n) is 5.93. The summed E-state index contributed by atoms with van der Waals surface area (Å²) in [6, 6.07) is 5.20. The van der Waals surface area contributed by atoms with Gasteiger partial charge in [-0.1, -0.05) is 19.8 Å². The predicted octanol–water partition coefficient (Wildman–Crippen LogP) is 3.07. The summed E-state index contributed by atoms with van der Waals surface area (Å²) >= 11 is 0. The Morgan fingerprint density at radius 2 is 1.86 bits per heavy atom. The first-order valence-electron chi connectivity index (χ1n) is 7.74. The van der Waals surface area contributed by atoms with Gasteiger partial charge in [-0.25, -0.2) is 9.18 Å². The van der Waals surface area contributed by atoms with Gasteiger partial charge in [-0.3, -0.25) is 4.79 Å². The molecule has 1 aromatic carbocycles. The van der Waals surface area contributed by atoms with E-state index in [-0.39, 0.29) is 17.5 Å². The van der Waals surface area contributed by atoms with Gasteiger partial charge in [0.1, 0.15) is 5.82 Å². The fourth-order valence-electron chi connectivity index (χ4n) is 2.70. The van der Waals surface area contributed by atoms with Gasteiger partial charge in [0.25, 0.3) is 5.91 Å². The Bertz CT molecular complexity index is 529. The third-order valence-corrected chi connectivity index (χ3v) is 4.17. The predicted molar refractivity (Wildman–Crippen MR) is 80.8 cm³/mol. The van der Waals surface area contributed by atoms with E-state index in [4.69, 9.17) is 4.74 Å². The van der Waals surface area contributed by atoms with Gasteiger partial charge in [0, 0.05) is 6.04 Å². The van der Waals surface area contributed by atoms with Crippen molar-refractivity contribution in [3.05, 3.63) is 35.6 Å². The Labute approximate surface area is 130 Å². The van der Waals surface area contributed by atoms with E-state index in [1.165, 1.54) is 30.7 Å². The zero-order chi connectivity index (χ0) is 16.1. The van der Waals surface area contributed by atoms with E-state index < -0.39 is 17.9 Å². The van der Waals surface area contributed by atoms with Gasteiger partial charge >= 0.3 is 5.97 Å². The summed E-state index contributed by atoms with van der Waals surface area (Å²) in [5, 5.41) is 2.96. The fourth-order valence-corrected chi connectivity index (χ4v) is 2.70. The minimum Gasteiger partial charge on any atom is -0.449 e.